The van der Waals surface area contributed by atoms with E-state index in [0.29, 0.717) is 12.1 Å². The maximum absolute atomic E-state index is 11.5. The molecule has 1 aromatic heterocycles. The summed E-state index contributed by atoms with van der Waals surface area (Å²) in [6.07, 6.45) is 2.62. The van der Waals surface area contributed by atoms with Crippen LogP contribution in [-0.2, 0) is 7.05 Å². The number of rotatable bonds is 4. The predicted molar refractivity (Wildman–Crippen MR) is 48.2 cm³/mol. The number of ketones is 1. The summed E-state index contributed by atoms with van der Waals surface area (Å²) in [7, 11) is 1.69. The van der Waals surface area contributed by atoms with E-state index in [0.717, 1.165) is 6.42 Å². The monoisotopic (exact) mass is 182 g/mol. The van der Waals surface area contributed by atoms with Crippen LogP contribution < -0.4 is 5.73 Å². The lowest BCUT2D eigenvalue weighted by molar-refractivity contribution is 0.0964. The van der Waals surface area contributed by atoms with Crippen LogP contribution in [0, 0.1) is 0 Å². The van der Waals surface area contributed by atoms with Crippen LogP contribution in [-0.4, -0.2) is 26.8 Å². The van der Waals surface area contributed by atoms with E-state index in [1.54, 1.807) is 7.05 Å². The Morgan fingerprint density at radius 3 is 2.92 bits per heavy atom. The van der Waals surface area contributed by atoms with Crippen molar-refractivity contribution in [3.05, 3.63) is 11.9 Å². The minimum atomic E-state index is -0.0672. The normalized spacial score (nSPS) is 12.8. The maximum Gasteiger partial charge on any atom is 0.184 e. The Morgan fingerprint density at radius 2 is 2.46 bits per heavy atom. The minimum Gasteiger partial charge on any atom is -0.327 e. The van der Waals surface area contributed by atoms with Crippen LogP contribution in [0.25, 0.3) is 0 Å². The van der Waals surface area contributed by atoms with Gasteiger partial charge in [0.05, 0.1) is 6.20 Å². The summed E-state index contributed by atoms with van der Waals surface area (Å²) < 4.78 is 1.46. The van der Waals surface area contributed by atoms with Crippen LogP contribution in [0.2, 0.25) is 0 Å². The fraction of sp³-hybridized carbons (Fsp3) is 0.625. The molecule has 0 radical (unpaired) electrons. The first-order chi connectivity index (χ1) is 6.15. The van der Waals surface area contributed by atoms with Gasteiger partial charge in [0.25, 0.3) is 0 Å². The third-order valence-corrected chi connectivity index (χ3v) is 1.97. The number of hydrogen-bond acceptors (Lipinski definition) is 4. The molecule has 0 saturated carbocycles. The number of nitrogens with two attached hydrogens (primary N) is 1. The smallest absolute Gasteiger partial charge is 0.184 e. The molecule has 0 saturated heterocycles. The Labute approximate surface area is 76.9 Å². The summed E-state index contributed by atoms with van der Waals surface area (Å²) in [5.41, 5.74) is 6.18. The van der Waals surface area contributed by atoms with E-state index in [1.807, 2.05) is 6.92 Å². The minimum absolute atomic E-state index is 0.00171. The van der Waals surface area contributed by atoms with Crippen LogP contribution in [0.3, 0.4) is 0 Å². The molecule has 5 heteroatoms. The zero-order valence-corrected chi connectivity index (χ0v) is 7.90. The fourth-order valence-corrected chi connectivity index (χ4v) is 1.03. The summed E-state index contributed by atoms with van der Waals surface area (Å²) in [5, 5.41) is 7.30. The molecule has 1 unspecified atom stereocenters. The molecule has 1 rings (SSSR count). The average molecular weight is 182 g/mol. The summed E-state index contributed by atoms with van der Waals surface area (Å²) in [6, 6.07) is -0.0672. The first-order valence-corrected chi connectivity index (χ1v) is 4.28. The van der Waals surface area contributed by atoms with Gasteiger partial charge in [-0.05, 0) is 6.42 Å². The maximum atomic E-state index is 11.5. The number of carbonyl (C=O) groups excluding carboxylic acids is 1. The first-order valence-electron chi connectivity index (χ1n) is 4.28. The van der Waals surface area contributed by atoms with Crippen molar-refractivity contribution >= 4 is 5.78 Å². The number of aromatic nitrogens is 3. The Hall–Kier alpha value is -1.23. The van der Waals surface area contributed by atoms with Crippen molar-refractivity contribution in [1.82, 2.24) is 15.0 Å². The molecule has 0 bridgehead atoms. The molecule has 0 aromatic carbocycles. The van der Waals surface area contributed by atoms with E-state index in [2.05, 4.69) is 10.3 Å². The summed E-state index contributed by atoms with van der Waals surface area (Å²) >= 11 is 0. The van der Waals surface area contributed by atoms with E-state index in [1.165, 1.54) is 10.9 Å². The van der Waals surface area contributed by atoms with Crippen molar-refractivity contribution in [1.29, 1.82) is 0 Å². The average Bonchev–Trinajstić information content (AvgIpc) is 2.51. The van der Waals surface area contributed by atoms with Gasteiger partial charge in [0.15, 0.2) is 5.78 Å². The van der Waals surface area contributed by atoms with Gasteiger partial charge in [-0.25, -0.2) is 4.68 Å². The lowest BCUT2D eigenvalue weighted by Crippen LogP contribution is -2.23. The van der Waals surface area contributed by atoms with Crippen molar-refractivity contribution in [3.8, 4) is 0 Å². The highest BCUT2D eigenvalue weighted by Gasteiger charge is 2.13. The van der Waals surface area contributed by atoms with E-state index in [9.17, 15) is 4.79 Å². The molecule has 72 valence electrons. The van der Waals surface area contributed by atoms with Gasteiger partial charge in [-0.3, -0.25) is 4.79 Å². The highest BCUT2D eigenvalue weighted by Crippen LogP contribution is 2.03. The number of hydrogen-bond donors (Lipinski definition) is 1. The molecule has 5 nitrogen and oxygen atoms in total. The number of nitrogens with zero attached hydrogens (tertiary/aromatic N) is 3. The summed E-state index contributed by atoms with van der Waals surface area (Å²) in [6.45, 7) is 1.96. The van der Waals surface area contributed by atoms with Crippen LogP contribution in [0.5, 0.6) is 0 Å². The van der Waals surface area contributed by atoms with Crippen LogP contribution >= 0.6 is 0 Å². The number of Topliss-reactive ketones (excluding diaryl/α,β-unsaturated/α-hetero) is 1. The zero-order valence-electron chi connectivity index (χ0n) is 7.90. The molecule has 0 aliphatic heterocycles. The van der Waals surface area contributed by atoms with Crippen LogP contribution in [0.4, 0.5) is 0 Å². The Balaban J connectivity index is 2.64. The van der Waals surface area contributed by atoms with Gasteiger partial charge in [0.2, 0.25) is 0 Å². The molecule has 2 N–H and O–H groups in total. The number of aryl methyl sites for hydroxylation is 1. The quantitative estimate of drug-likeness (QED) is 0.671. The Bertz CT molecular complexity index is 294. The van der Waals surface area contributed by atoms with Crippen LogP contribution in [0.1, 0.15) is 30.3 Å². The van der Waals surface area contributed by atoms with Gasteiger partial charge in [0.1, 0.15) is 5.69 Å². The van der Waals surface area contributed by atoms with E-state index >= 15 is 0 Å². The fourth-order valence-electron chi connectivity index (χ4n) is 1.03. The molecule has 1 aromatic rings. The van der Waals surface area contributed by atoms with Crippen molar-refractivity contribution < 1.29 is 4.79 Å². The van der Waals surface area contributed by atoms with Crippen molar-refractivity contribution in [2.75, 3.05) is 0 Å². The summed E-state index contributed by atoms with van der Waals surface area (Å²) in [5.74, 6) is 0.00171. The van der Waals surface area contributed by atoms with Gasteiger partial charge in [-0.15, -0.1) is 5.10 Å². The molecule has 1 atom stereocenters. The molecule has 0 aliphatic carbocycles. The zero-order chi connectivity index (χ0) is 9.84. The van der Waals surface area contributed by atoms with Crippen molar-refractivity contribution in [2.45, 2.75) is 25.8 Å². The third-order valence-electron chi connectivity index (χ3n) is 1.97. The van der Waals surface area contributed by atoms with Gasteiger partial charge >= 0.3 is 0 Å². The molecule has 0 amide bonds. The van der Waals surface area contributed by atoms with Crippen LogP contribution in [0.15, 0.2) is 6.20 Å². The Morgan fingerprint density at radius 1 is 1.77 bits per heavy atom. The highest BCUT2D eigenvalue weighted by molar-refractivity contribution is 5.94. The predicted octanol–water partition coefficient (Wildman–Crippen LogP) is 0.125. The molecule has 0 aliphatic rings. The molecule has 0 fully saturated rings. The van der Waals surface area contributed by atoms with Gasteiger partial charge < -0.3 is 5.73 Å². The van der Waals surface area contributed by atoms with Gasteiger partial charge in [-0.2, -0.15) is 0 Å². The van der Waals surface area contributed by atoms with E-state index < -0.39 is 0 Å². The third kappa shape index (κ3) is 2.35. The van der Waals surface area contributed by atoms with Crippen molar-refractivity contribution in [3.63, 3.8) is 0 Å². The topological polar surface area (TPSA) is 73.8 Å². The largest absolute Gasteiger partial charge is 0.327 e. The lowest BCUT2D eigenvalue weighted by Gasteiger charge is -2.06. The molecular formula is C8H14N4O. The van der Waals surface area contributed by atoms with E-state index in [4.69, 9.17) is 5.73 Å². The molecule has 13 heavy (non-hydrogen) atoms. The standard InChI is InChI=1S/C8H14N4O/c1-3-6(9)4-8(13)7-5-10-11-12(7)2/h5-6H,3-4,9H2,1-2H3. The summed E-state index contributed by atoms with van der Waals surface area (Å²) in [4.78, 5) is 11.5. The molecule has 0 spiro atoms. The second-order valence-electron chi connectivity index (χ2n) is 3.04. The second kappa shape index (κ2) is 4.13. The second-order valence-corrected chi connectivity index (χ2v) is 3.04. The van der Waals surface area contributed by atoms with Gasteiger partial charge in [0, 0.05) is 19.5 Å². The SMILES string of the molecule is CCC(N)CC(=O)c1cnnn1C. The highest BCUT2D eigenvalue weighted by atomic mass is 16.1. The first kappa shape index (κ1) is 9.85. The molecule has 1 heterocycles. The molecular weight excluding hydrogens is 168 g/mol. The lowest BCUT2D eigenvalue weighted by atomic mass is 10.1. The van der Waals surface area contributed by atoms with Gasteiger partial charge in [-0.1, -0.05) is 12.1 Å². The number of carbonyl (C=O) groups is 1. The Kier molecular flexibility index (Phi) is 3.13. The van der Waals surface area contributed by atoms with E-state index in [-0.39, 0.29) is 11.8 Å². The van der Waals surface area contributed by atoms with Crippen molar-refractivity contribution in [2.24, 2.45) is 12.8 Å².